The molecule has 4 rings (SSSR count). The molecule has 0 aliphatic carbocycles. The van der Waals surface area contributed by atoms with E-state index in [9.17, 15) is 0 Å². The number of nitrogens with one attached hydrogen (secondary N) is 1. The van der Waals surface area contributed by atoms with E-state index in [4.69, 9.17) is 0 Å². The molecule has 4 heteroatoms. The molecule has 3 aromatic rings. The molecule has 4 nitrogen and oxygen atoms in total. The second kappa shape index (κ2) is 4.20. The normalized spacial score (nSPS) is 16.1. The van der Waals surface area contributed by atoms with Gasteiger partial charge in [0.25, 0.3) is 0 Å². The Balaban J connectivity index is 1.99. The van der Waals surface area contributed by atoms with Crippen LogP contribution in [0.5, 0.6) is 0 Å². The first-order valence-electron chi connectivity index (χ1n) is 6.67. The van der Waals surface area contributed by atoms with Gasteiger partial charge in [0.05, 0.1) is 6.04 Å². The number of hydrogen-bond donors (Lipinski definition) is 1. The maximum Gasteiger partial charge on any atom is 0.229 e. The summed E-state index contributed by atoms with van der Waals surface area (Å²) in [5.41, 5.74) is 3.58. The first kappa shape index (κ1) is 11.2. The predicted molar refractivity (Wildman–Crippen MR) is 78.2 cm³/mol. The Bertz CT molecular complexity index is 761. The van der Waals surface area contributed by atoms with Gasteiger partial charge >= 0.3 is 0 Å². The summed E-state index contributed by atoms with van der Waals surface area (Å²) in [5, 5.41) is 11.8. The van der Waals surface area contributed by atoms with Crippen molar-refractivity contribution in [1.82, 2.24) is 14.8 Å². The Kier molecular flexibility index (Phi) is 2.36. The van der Waals surface area contributed by atoms with Crippen molar-refractivity contribution in [3.05, 3.63) is 71.5 Å². The largest absolute Gasteiger partial charge is 0.324 e. The zero-order valence-corrected chi connectivity index (χ0v) is 11.1. The van der Waals surface area contributed by atoms with E-state index in [1.54, 1.807) is 0 Å². The number of hydrogen-bond acceptors (Lipinski definition) is 3. The van der Waals surface area contributed by atoms with Gasteiger partial charge in [-0.2, -0.15) is 0 Å². The van der Waals surface area contributed by atoms with Crippen LogP contribution in [0.25, 0.3) is 0 Å². The summed E-state index contributed by atoms with van der Waals surface area (Å²) in [4.78, 5) is 0. The van der Waals surface area contributed by atoms with Crippen molar-refractivity contribution < 1.29 is 0 Å². The molecule has 1 atom stereocenters. The molecule has 0 fully saturated rings. The van der Waals surface area contributed by atoms with Crippen molar-refractivity contribution in [2.45, 2.75) is 13.0 Å². The molecule has 0 amide bonds. The Morgan fingerprint density at radius 2 is 1.70 bits per heavy atom. The average molecular weight is 262 g/mol. The van der Waals surface area contributed by atoms with Gasteiger partial charge in [0.15, 0.2) is 0 Å². The Morgan fingerprint density at radius 3 is 2.55 bits per heavy atom. The van der Waals surface area contributed by atoms with Crippen LogP contribution in [0.2, 0.25) is 0 Å². The Labute approximate surface area is 117 Å². The number of para-hydroxylation sites is 1. The lowest BCUT2D eigenvalue weighted by Gasteiger charge is -2.29. The van der Waals surface area contributed by atoms with Gasteiger partial charge in [-0.15, -0.1) is 10.2 Å². The fourth-order valence-corrected chi connectivity index (χ4v) is 2.84. The van der Waals surface area contributed by atoms with Gasteiger partial charge in [-0.3, -0.25) is 4.57 Å². The summed E-state index contributed by atoms with van der Waals surface area (Å²) in [7, 11) is 0. The van der Waals surface area contributed by atoms with Gasteiger partial charge in [0.2, 0.25) is 5.95 Å². The number of aromatic nitrogens is 3. The number of benzene rings is 2. The van der Waals surface area contributed by atoms with E-state index in [1.165, 1.54) is 11.1 Å². The molecular weight excluding hydrogens is 248 g/mol. The summed E-state index contributed by atoms with van der Waals surface area (Å²) in [5.74, 6) is 1.71. The number of rotatable bonds is 1. The molecule has 0 saturated heterocycles. The lowest BCUT2D eigenvalue weighted by Crippen LogP contribution is -2.21. The van der Waals surface area contributed by atoms with Crippen molar-refractivity contribution in [2.75, 3.05) is 5.32 Å². The predicted octanol–water partition coefficient (Wildman–Crippen LogP) is 3.28. The maximum absolute atomic E-state index is 4.23. The molecular formula is C16H14N4. The van der Waals surface area contributed by atoms with E-state index >= 15 is 0 Å². The third kappa shape index (κ3) is 1.54. The van der Waals surface area contributed by atoms with Gasteiger partial charge in [0.1, 0.15) is 5.82 Å². The monoisotopic (exact) mass is 262 g/mol. The zero-order valence-electron chi connectivity index (χ0n) is 11.1. The molecule has 2 heterocycles. The van der Waals surface area contributed by atoms with Crippen LogP contribution in [0.4, 0.5) is 11.6 Å². The van der Waals surface area contributed by atoms with E-state index in [0.29, 0.717) is 0 Å². The summed E-state index contributed by atoms with van der Waals surface area (Å²) >= 11 is 0. The van der Waals surface area contributed by atoms with Gasteiger partial charge in [-0.25, -0.2) is 0 Å². The van der Waals surface area contributed by atoms with E-state index in [0.717, 1.165) is 17.5 Å². The minimum absolute atomic E-state index is 0.124. The average Bonchev–Trinajstić information content (AvgIpc) is 2.87. The fraction of sp³-hybridized carbons (Fsp3) is 0.125. The van der Waals surface area contributed by atoms with Crippen molar-refractivity contribution in [1.29, 1.82) is 0 Å². The van der Waals surface area contributed by atoms with Crippen LogP contribution in [-0.4, -0.2) is 14.8 Å². The second-order valence-electron chi connectivity index (χ2n) is 4.97. The summed E-state index contributed by atoms with van der Waals surface area (Å²) in [6, 6.07) is 18.9. The van der Waals surface area contributed by atoms with Crippen molar-refractivity contribution in [3.63, 3.8) is 0 Å². The highest BCUT2D eigenvalue weighted by atomic mass is 15.4. The van der Waals surface area contributed by atoms with Crippen molar-refractivity contribution >= 4 is 11.6 Å². The van der Waals surface area contributed by atoms with Crippen LogP contribution in [0.3, 0.4) is 0 Å². The van der Waals surface area contributed by atoms with Gasteiger partial charge in [-0.1, -0.05) is 48.5 Å². The van der Waals surface area contributed by atoms with Crippen LogP contribution >= 0.6 is 0 Å². The third-order valence-electron chi connectivity index (χ3n) is 3.74. The van der Waals surface area contributed by atoms with Crippen molar-refractivity contribution in [3.8, 4) is 0 Å². The van der Waals surface area contributed by atoms with Crippen LogP contribution in [-0.2, 0) is 0 Å². The molecule has 0 saturated carbocycles. The summed E-state index contributed by atoms with van der Waals surface area (Å²) in [6.07, 6.45) is 0. The van der Waals surface area contributed by atoms with Crippen LogP contribution < -0.4 is 5.32 Å². The molecule has 1 N–H and O–H groups in total. The minimum Gasteiger partial charge on any atom is -0.324 e. The Morgan fingerprint density at radius 1 is 0.950 bits per heavy atom. The topological polar surface area (TPSA) is 42.7 Å². The molecule has 0 radical (unpaired) electrons. The molecule has 1 aliphatic rings. The Hall–Kier alpha value is -2.62. The molecule has 0 bridgehead atoms. The second-order valence-corrected chi connectivity index (χ2v) is 4.97. The molecule has 1 aromatic heterocycles. The van der Waals surface area contributed by atoms with Crippen molar-refractivity contribution in [2.24, 2.45) is 0 Å². The van der Waals surface area contributed by atoms with Crippen LogP contribution in [0.1, 0.15) is 23.0 Å². The quantitative estimate of drug-likeness (QED) is 0.572. The van der Waals surface area contributed by atoms with E-state index in [1.807, 2.05) is 19.1 Å². The molecule has 20 heavy (non-hydrogen) atoms. The summed E-state index contributed by atoms with van der Waals surface area (Å²) < 4.78 is 2.15. The molecule has 1 aliphatic heterocycles. The van der Waals surface area contributed by atoms with E-state index < -0.39 is 0 Å². The molecule has 2 aromatic carbocycles. The highest BCUT2D eigenvalue weighted by Crippen LogP contribution is 2.39. The molecule has 0 spiro atoms. The molecule has 1 unspecified atom stereocenters. The highest BCUT2D eigenvalue weighted by molar-refractivity contribution is 5.65. The number of fused-ring (bicyclic) bond motifs is 2. The fourth-order valence-electron chi connectivity index (χ4n) is 2.84. The maximum atomic E-state index is 4.23. The summed E-state index contributed by atoms with van der Waals surface area (Å²) in [6.45, 7) is 1.99. The van der Waals surface area contributed by atoms with Crippen LogP contribution in [0, 0.1) is 6.92 Å². The van der Waals surface area contributed by atoms with E-state index in [2.05, 4.69) is 62.5 Å². The standard InChI is InChI=1S/C16H14N4/c1-11-18-19-16-17-14-10-6-5-9-13(14)15(20(11)16)12-7-3-2-4-8-12/h2-10,15H,1H3,(H,17,19). The van der Waals surface area contributed by atoms with Gasteiger partial charge < -0.3 is 5.32 Å². The first-order chi connectivity index (χ1) is 9.84. The number of aryl methyl sites for hydroxylation is 1. The SMILES string of the molecule is Cc1nnc2n1C(c1ccccc1)c1ccccc1N2. The zero-order chi connectivity index (χ0) is 13.5. The highest BCUT2D eigenvalue weighted by Gasteiger charge is 2.28. The minimum atomic E-state index is 0.124. The number of nitrogens with zero attached hydrogens (tertiary/aromatic N) is 3. The van der Waals surface area contributed by atoms with Gasteiger partial charge in [-0.05, 0) is 18.6 Å². The first-order valence-corrected chi connectivity index (χ1v) is 6.67. The smallest absolute Gasteiger partial charge is 0.229 e. The van der Waals surface area contributed by atoms with Crippen LogP contribution in [0.15, 0.2) is 54.6 Å². The van der Waals surface area contributed by atoms with E-state index in [-0.39, 0.29) is 6.04 Å². The lowest BCUT2D eigenvalue weighted by molar-refractivity contribution is 0.651. The third-order valence-corrected chi connectivity index (χ3v) is 3.74. The molecule has 98 valence electrons. The van der Waals surface area contributed by atoms with Gasteiger partial charge in [0, 0.05) is 11.3 Å². The number of anilines is 2. The lowest BCUT2D eigenvalue weighted by atomic mass is 9.95.